The fraction of sp³-hybridized carbons (Fsp3) is 0.533. The topological polar surface area (TPSA) is 67.6 Å². The zero-order chi connectivity index (χ0) is 14.4. The van der Waals surface area contributed by atoms with E-state index in [1.54, 1.807) is 0 Å². The quantitative estimate of drug-likeness (QED) is 0.478. The molecule has 110 valence electrons. The van der Waals surface area contributed by atoms with Gasteiger partial charge in [-0.1, -0.05) is 30.3 Å². The Kier molecular flexibility index (Phi) is 5.11. The molecule has 3 N–H and O–H groups in total. The van der Waals surface area contributed by atoms with Crippen molar-refractivity contribution >= 4 is 5.97 Å². The van der Waals surface area contributed by atoms with Crippen molar-refractivity contribution in [3.05, 3.63) is 35.9 Å². The number of hydrazine groups is 1. The highest BCUT2D eigenvalue weighted by molar-refractivity contribution is 5.81. The summed E-state index contributed by atoms with van der Waals surface area (Å²) in [6.07, 6.45) is 1.35. The number of likely N-dealkylation sites (tertiary alicyclic amines) is 1. The minimum Gasteiger partial charge on any atom is -0.465 e. The molecule has 5 nitrogen and oxygen atoms in total. The van der Waals surface area contributed by atoms with Crippen LogP contribution in [0.4, 0.5) is 0 Å². The van der Waals surface area contributed by atoms with E-state index in [-0.39, 0.29) is 5.97 Å². The zero-order valence-corrected chi connectivity index (χ0v) is 12.0. The second kappa shape index (κ2) is 6.83. The predicted octanol–water partition coefficient (Wildman–Crippen LogP) is 1.05. The monoisotopic (exact) mass is 277 g/mol. The molecule has 1 aromatic carbocycles. The Morgan fingerprint density at radius 3 is 2.55 bits per heavy atom. The highest BCUT2D eigenvalue weighted by Crippen LogP contribution is 2.24. The van der Waals surface area contributed by atoms with Gasteiger partial charge in [0.15, 0.2) is 0 Å². The van der Waals surface area contributed by atoms with Crippen LogP contribution in [0.25, 0.3) is 0 Å². The van der Waals surface area contributed by atoms with Crippen molar-refractivity contribution in [1.29, 1.82) is 0 Å². The molecular formula is C15H23N3O2. The molecule has 1 aliphatic rings. The average Bonchev–Trinajstić information content (AvgIpc) is 2.49. The Morgan fingerprint density at radius 2 is 2.00 bits per heavy atom. The van der Waals surface area contributed by atoms with Gasteiger partial charge in [0.05, 0.1) is 6.61 Å². The highest BCUT2D eigenvalue weighted by atomic mass is 16.5. The van der Waals surface area contributed by atoms with Gasteiger partial charge >= 0.3 is 5.97 Å². The van der Waals surface area contributed by atoms with Gasteiger partial charge in [-0.25, -0.2) is 10.2 Å². The lowest BCUT2D eigenvalue weighted by molar-refractivity contribution is -0.153. The van der Waals surface area contributed by atoms with Crippen molar-refractivity contribution in [1.82, 2.24) is 10.3 Å². The fourth-order valence-corrected chi connectivity index (χ4v) is 2.61. The number of hydrogen-bond acceptors (Lipinski definition) is 5. The van der Waals surface area contributed by atoms with Crippen molar-refractivity contribution in [3.8, 4) is 0 Å². The summed E-state index contributed by atoms with van der Waals surface area (Å²) in [7, 11) is 0. The molecule has 0 radical (unpaired) electrons. The summed E-state index contributed by atoms with van der Waals surface area (Å²) >= 11 is 0. The minimum absolute atomic E-state index is 0.234. The molecule has 2 rings (SSSR count). The lowest BCUT2D eigenvalue weighted by atomic mass is 9.88. The van der Waals surface area contributed by atoms with Gasteiger partial charge in [0.25, 0.3) is 0 Å². The van der Waals surface area contributed by atoms with Gasteiger partial charge in [0.2, 0.25) is 0 Å². The molecule has 1 heterocycles. The first-order valence-electron chi connectivity index (χ1n) is 7.11. The van der Waals surface area contributed by atoms with Crippen LogP contribution in [0.15, 0.2) is 30.3 Å². The van der Waals surface area contributed by atoms with Crippen molar-refractivity contribution in [3.63, 3.8) is 0 Å². The van der Waals surface area contributed by atoms with E-state index in [1.807, 2.05) is 25.1 Å². The number of carbonyl (C=O) groups excluding carboxylic acids is 1. The van der Waals surface area contributed by atoms with Crippen molar-refractivity contribution in [2.24, 2.45) is 5.84 Å². The molecule has 1 aliphatic heterocycles. The van der Waals surface area contributed by atoms with E-state index in [2.05, 4.69) is 22.5 Å². The summed E-state index contributed by atoms with van der Waals surface area (Å²) in [5.41, 5.74) is 3.25. The smallest absolute Gasteiger partial charge is 0.327 e. The van der Waals surface area contributed by atoms with Gasteiger partial charge < -0.3 is 4.74 Å². The molecule has 0 unspecified atom stereocenters. The molecular weight excluding hydrogens is 254 g/mol. The van der Waals surface area contributed by atoms with Crippen molar-refractivity contribution < 1.29 is 9.53 Å². The van der Waals surface area contributed by atoms with E-state index in [4.69, 9.17) is 10.6 Å². The van der Waals surface area contributed by atoms with Crippen LogP contribution >= 0.6 is 0 Å². The van der Waals surface area contributed by atoms with E-state index in [0.717, 1.165) is 19.6 Å². The average molecular weight is 277 g/mol. The summed E-state index contributed by atoms with van der Waals surface area (Å²) < 4.78 is 5.13. The Labute approximate surface area is 120 Å². The number of ether oxygens (including phenoxy) is 1. The first kappa shape index (κ1) is 15.0. The van der Waals surface area contributed by atoms with E-state index in [9.17, 15) is 4.79 Å². The molecule has 0 atom stereocenters. The number of benzene rings is 1. The van der Waals surface area contributed by atoms with Crippen molar-refractivity contribution in [2.75, 3.05) is 19.7 Å². The normalized spacial score (nSPS) is 18.7. The molecule has 5 heteroatoms. The first-order chi connectivity index (χ1) is 9.70. The number of piperidine rings is 1. The van der Waals surface area contributed by atoms with Gasteiger partial charge in [-0.3, -0.25) is 10.7 Å². The van der Waals surface area contributed by atoms with Gasteiger partial charge in [-0.15, -0.1) is 0 Å². The molecule has 1 fully saturated rings. The summed E-state index contributed by atoms with van der Waals surface area (Å²) in [4.78, 5) is 14.4. The van der Waals surface area contributed by atoms with Crippen LogP contribution in [-0.2, 0) is 16.1 Å². The molecule has 0 aliphatic carbocycles. The maximum absolute atomic E-state index is 12.0. The van der Waals surface area contributed by atoms with Crippen LogP contribution < -0.4 is 11.3 Å². The maximum Gasteiger partial charge on any atom is 0.327 e. The summed E-state index contributed by atoms with van der Waals surface area (Å²) in [6.45, 7) is 4.77. The Balaban J connectivity index is 1.92. The van der Waals surface area contributed by atoms with Gasteiger partial charge in [0, 0.05) is 19.6 Å². The third-order valence-corrected chi connectivity index (χ3v) is 3.90. The Bertz CT molecular complexity index is 428. The number of nitrogens with one attached hydrogen (secondary N) is 1. The molecule has 0 spiro atoms. The third kappa shape index (κ3) is 3.36. The molecule has 0 amide bonds. The molecule has 0 saturated carbocycles. The third-order valence-electron chi connectivity index (χ3n) is 3.90. The van der Waals surface area contributed by atoms with E-state index >= 15 is 0 Å². The highest BCUT2D eigenvalue weighted by Gasteiger charge is 2.41. The molecule has 20 heavy (non-hydrogen) atoms. The summed E-state index contributed by atoms with van der Waals surface area (Å²) in [5, 5.41) is 0. The number of carbonyl (C=O) groups is 1. The lowest BCUT2D eigenvalue weighted by Crippen LogP contribution is -2.61. The molecule has 0 bridgehead atoms. The Hall–Kier alpha value is -1.43. The van der Waals surface area contributed by atoms with Crippen LogP contribution in [0, 0.1) is 0 Å². The number of esters is 1. The molecule has 1 saturated heterocycles. The summed E-state index contributed by atoms with van der Waals surface area (Å²) in [6, 6.07) is 10.3. The molecule has 1 aromatic rings. The van der Waals surface area contributed by atoms with Gasteiger partial charge in [-0.2, -0.15) is 0 Å². The largest absolute Gasteiger partial charge is 0.465 e. The van der Waals surface area contributed by atoms with Crippen LogP contribution in [0.5, 0.6) is 0 Å². The first-order valence-corrected chi connectivity index (χ1v) is 7.11. The standard InChI is InChI=1S/C15H23N3O2/c1-2-20-14(19)15(17-16)8-10-18(11-9-15)12-13-6-4-3-5-7-13/h3-7,17H,2,8-12,16H2,1H3. The van der Waals surface area contributed by atoms with Gasteiger partial charge in [-0.05, 0) is 25.3 Å². The second-order valence-corrected chi connectivity index (χ2v) is 5.21. The van der Waals surface area contributed by atoms with Gasteiger partial charge in [0.1, 0.15) is 5.54 Å². The van der Waals surface area contributed by atoms with Crippen LogP contribution in [0.1, 0.15) is 25.3 Å². The van der Waals surface area contributed by atoms with E-state index in [1.165, 1.54) is 5.56 Å². The molecule has 0 aromatic heterocycles. The second-order valence-electron chi connectivity index (χ2n) is 5.21. The minimum atomic E-state index is -0.719. The lowest BCUT2D eigenvalue weighted by Gasteiger charge is -2.39. The maximum atomic E-state index is 12.0. The SMILES string of the molecule is CCOC(=O)C1(NN)CCN(Cc2ccccc2)CC1. The predicted molar refractivity (Wildman–Crippen MR) is 77.6 cm³/mol. The number of hydrogen-bond donors (Lipinski definition) is 2. The Morgan fingerprint density at radius 1 is 1.35 bits per heavy atom. The summed E-state index contributed by atoms with van der Waals surface area (Å²) in [5.74, 6) is 5.36. The van der Waals surface area contributed by atoms with Crippen LogP contribution in [0.3, 0.4) is 0 Å². The number of rotatable bonds is 5. The van der Waals surface area contributed by atoms with E-state index in [0.29, 0.717) is 19.4 Å². The van der Waals surface area contributed by atoms with Crippen LogP contribution in [0.2, 0.25) is 0 Å². The zero-order valence-electron chi connectivity index (χ0n) is 12.0. The van der Waals surface area contributed by atoms with Crippen LogP contribution in [-0.4, -0.2) is 36.1 Å². The van der Waals surface area contributed by atoms with E-state index < -0.39 is 5.54 Å². The number of nitrogens with two attached hydrogens (primary N) is 1. The fourth-order valence-electron chi connectivity index (χ4n) is 2.61. The van der Waals surface area contributed by atoms with Crippen molar-refractivity contribution in [2.45, 2.75) is 31.8 Å². The number of nitrogens with zero attached hydrogens (tertiary/aromatic N) is 1.